The van der Waals surface area contributed by atoms with Crippen LogP contribution in [0.4, 0.5) is 5.69 Å². The van der Waals surface area contributed by atoms with Gasteiger partial charge in [0, 0.05) is 40.6 Å². The van der Waals surface area contributed by atoms with Crippen LogP contribution < -0.4 is 5.32 Å². The summed E-state index contributed by atoms with van der Waals surface area (Å²) >= 11 is 3.51. The highest BCUT2D eigenvalue weighted by Crippen LogP contribution is 2.25. The zero-order valence-electron chi connectivity index (χ0n) is 13.2. The largest absolute Gasteiger partial charge is 0.384 e. The van der Waals surface area contributed by atoms with Crippen molar-refractivity contribution >= 4 is 32.5 Å². The summed E-state index contributed by atoms with van der Waals surface area (Å²) in [4.78, 5) is 8.78. The smallest absolute Gasteiger partial charge is 0.226 e. The highest BCUT2D eigenvalue weighted by molar-refractivity contribution is 9.10. The molecule has 0 bridgehead atoms. The minimum absolute atomic E-state index is 0.298. The van der Waals surface area contributed by atoms with Gasteiger partial charge >= 0.3 is 0 Å². The second kappa shape index (κ2) is 7.08. The van der Waals surface area contributed by atoms with Crippen molar-refractivity contribution < 1.29 is 4.52 Å². The molecular formula is C17H19BrN4O. The molecule has 0 fully saturated rings. The Bertz CT molecular complexity index is 800. The van der Waals surface area contributed by atoms with Gasteiger partial charge in [-0.3, -0.25) is 4.98 Å². The molecule has 0 radical (unpaired) electrons. The van der Waals surface area contributed by atoms with E-state index in [1.54, 1.807) is 0 Å². The van der Waals surface area contributed by atoms with E-state index in [9.17, 15) is 0 Å². The van der Waals surface area contributed by atoms with E-state index in [4.69, 9.17) is 4.52 Å². The van der Waals surface area contributed by atoms with Gasteiger partial charge in [-0.1, -0.05) is 34.9 Å². The van der Waals surface area contributed by atoms with Crippen molar-refractivity contribution in [3.63, 3.8) is 0 Å². The van der Waals surface area contributed by atoms with Crippen LogP contribution in [0.15, 0.2) is 39.5 Å². The number of hydrogen-bond acceptors (Lipinski definition) is 5. The molecule has 120 valence electrons. The minimum Gasteiger partial charge on any atom is -0.384 e. The van der Waals surface area contributed by atoms with E-state index >= 15 is 0 Å². The molecule has 0 aliphatic rings. The standard InChI is InChI=1S/C17H19BrN4O/c1-11(2)17-21-16(23-22-17)4-3-8-19-15-7-9-20-14-6-5-12(18)10-13(14)15/h5-7,9-11H,3-4,8H2,1-2H3,(H,19,20). The lowest BCUT2D eigenvalue weighted by atomic mass is 10.2. The average molecular weight is 375 g/mol. The summed E-state index contributed by atoms with van der Waals surface area (Å²) in [5.41, 5.74) is 2.07. The van der Waals surface area contributed by atoms with Crippen molar-refractivity contribution in [3.05, 3.63) is 46.7 Å². The first-order valence-corrected chi connectivity index (χ1v) is 8.53. The summed E-state index contributed by atoms with van der Waals surface area (Å²) in [6.07, 6.45) is 3.53. The average Bonchev–Trinajstić information content (AvgIpc) is 3.01. The Morgan fingerprint density at radius 1 is 1.26 bits per heavy atom. The van der Waals surface area contributed by atoms with Crippen LogP contribution in [0.25, 0.3) is 10.9 Å². The van der Waals surface area contributed by atoms with Crippen molar-refractivity contribution in [2.24, 2.45) is 0 Å². The maximum Gasteiger partial charge on any atom is 0.226 e. The molecular weight excluding hydrogens is 356 g/mol. The Hall–Kier alpha value is -1.95. The van der Waals surface area contributed by atoms with Crippen LogP contribution in [0.2, 0.25) is 0 Å². The molecule has 2 heterocycles. The molecule has 0 spiro atoms. The maximum absolute atomic E-state index is 5.26. The normalized spacial score (nSPS) is 11.3. The van der Waals surface area contributed by atoms with Crippen LogP contribution in [0.3, 0.4) is 0 Å². The number of rotatable bonds is 6. The summed E-state index contributed by atoms with van der Waals surface area (Å²) in [5.74, 6) is 1.78. The minimum atomic E-state index is 0.298. The van der Waals surface area contributed by atoms with Crippen LogP contribution in [-0.4, -0.2) is 21.7 Å². The molecule has 0 saturated carbocycles. The molecule has 0 unspecified atom stereocenters. The highest BCUT2D eigenvalue weighted by atomic mass is 79.9. The molecule has 2 aromatic heterocycles. The SMILES string of the molecule is CC(C)c1noc(CCCNc2ccnc3ccc(Br)cc23)n1. The van der Waals surface area contributed by atoms with Gasteiger partial charge in [-0.2, -0.15) is 4.98 Å². The number of halogens is 1. The van der Waals surface area contributed by atoms with Gasteiger partial charge in [-0.15, -0.1) is 0 Å². The van der Waals surface area contributed by atoms with Gasteiger partial charge in [0.25, 0.3) is 0 Å². The fourth-order valence-electron chi connectivity index (χ4n) is 2.34. The molecule has 0 saturated heterocycles. The first-order valence-electron chi connectivity index (χ1n) is 7.74. The zero-order chi connectivity index (χ0) is 16.2. The lowest BCUT2D eigenvalue weighted by molar-refractivity contribution is 0.369. The highest BCUT2D eigenvalue weighted by Gasteiger charge is 2.09. The second-order valence-electron chi connectivity index (χ2n) is 5.75. The third-order valence-electron chi connectivity index (χ3n) is 3.59. The molecule has 3 rings (SSSR count). The summed E-state index contributed by atoms with van der Waals surface area (Å²) in [5, 5.41) is 8.56. The number of fused-ring (bicyclic) bond motifs is 1. The molecule has 0 aliphatic heterocycles. The topological polar surface area (TPSA) is 63.8 Å². The lowest BCUT2D eigenvalue weighted by Crippen LogP contribution is -2.04. The molecule has 0 atom stereocenters. The number of benzene rings is 1. The van der Waals surface area contributed by atoms with E-state index in [-0.39, 0.29) is 0 Å². The quantitative estimate of drug-likeness (QED) is 0.641. The van der Waals surface area contributed by atoms with Crippen LogP contribution in [0, 0.1) is 0 Å². The Morgan fingerprint density at radius 3 is 2.91 bits per heavy atom. The molecule has 0 amide bonds. The van der Waals surface area contributed by atoms with Crippen molar-refractivity contribution in [1.29, 1.82) is 0 Å². The van der Waals surface area contributed by atoms with Gasteiger partial charge in [-0.05, 0) is 30.7 Å². The summed E-state index contributed by atoms with van der Waals surface area (Å²) in [6, 6.07) is 8.09. The molecule has 6 heteroatoms. The molecule has 5 nitrogen and oxygen atoms in total. The number of nitrogens with zero attached hydrogens (tertiary/aromatic N) is 3. The Balaban J connectivity index is 1.59. The van der Waals surface area contributed by atoms with Gasteiger partial charge in [0.2, 0.25) is 5.89 Å². The Labute approximate surface area is 143 Å². The molecule has 3 aromatic rings. The first kappa shape index (κ1) is 15.9. The van der Waals surface area contributed by atoms with E-state index in [1.165, 1.54) is 0 Å². The van der Waals surface area contributed by atoms with Crippen LogP contribution in [0.5, 0.6) is 0 Å². The summed E-state index contributed by atoms with van der Waals surface area (Å²) in [7, 11) is 0. The lowest BCUT2D eigenvalue weighted by Gasteiger charge is -2.09. The van der Waals surface area contributed by atoms with E-state index < -0.39 is 0 Å². The molecule has 23 heavy (non-hydrogen) atoms. The molecule has 1 N–H and O–H groups in total. The van der Waals surface area contributed by atoms with Crippen molar-refractivity contribution in [2.45, 2.75) is 32.6 Å². The van der Waals surface area contributed by atoms with E-state index in [0.29, 0.717) is 11.8 Å². The number of hydrogen-bond donors (Lipinski definition) is 1. The van der Waals surface area contributed by atoms with Gasteiger partial charge < -0.3 is 9.84 Å². The Kier molecular flexibility index (Phi) is 4.91. The second-order valence-corrected chi connectivity index (χ2v) is 6.67. The summed E-state index contributed by atoms with van der Waals surface area (Å²) < 4.78 is 6.31. The predicted octanol–water partition coefficient (Wildman–Crippen LogP) is 4.55. The van der Waals surface area contributed by atoms with E-state index in [1.807, 2.05) is 24.4 Å². The Morgan fingerprint density at radius 2 is 2.13 bits per heavy atom. The van der Waals surface area contributed by atoms with Gasteiger partial charge in [-0.25, -0.2) is 0 Å². The number of aryl methyl sites for hydroxylation is 1. The van der Waals surface area contributed by atoms with Crippen molar-refractivity contribution in [2.75, 3.05) is 11.9 Å². The number of aromatic nitrogens is 3. The first-order chi connectivity index (χ1) is 11.1. The summed E-state index contributed by atoms with van der Waals surface area (Å²) in [6.45, 7) is 4.96. The van der Waals surface area contributed by atoms with Crippen LogP contribution in [0.1, 0.15) is 37.9 Å². The van der Waals surface area contributed by atoms with Gasteiger partial charge in [0.1, 0.15) is 0 Å². The van der Waals surface area contributed by atoms with Crippen molar-refractivity contribution in [3.8, 4) is 0 Å². The number of nitrogens with one attached hydrogen (secondary N) is 1. The zero-order valence-corrected chi connectivity index (χ0v) is 14.8. The number of pyridine rings is 1. The third-order valence-corrected chi connectivity index (χ3v) is 4.08. The predicted molar refractivity (Wildman–Crippen MR) is 94.6 cm³/mol. The van der Waals surface area contributed by atoms with Gasteiger partial charge in [0.05, 0.1) is 5.52 Å². The number of anilines is 1. The van der Waals surface area contributed by atoms with Crippen molar-refractivity contribution in [1.82, 2.24) is 15.1 Å². The van der Waals surface area contributed by atoms with Gasteiger partial charge in [0.15, 0.2) is 5.82 Å². The third kappa shape index (κ3) is 3.88. The fourth-order valence-corrected chi connectivity index (χ4v) is 2.70. The maximum atomic E-state index is 5.26. The molecule has 1 aromatic carbocycles. The van der Waals surface area contributed by atoms with E-state index in [2.05, 4.69) is 56.3 Å². The fraction of sp³-hybridized carbons (Fsp3) is 0.353. The van der Waals surface area contributed by atoms with Crippen LogP contribution >= 0.6 is 15.9 Å². The van der Waals surface area contributed by atoms with E-state index in [0.717, 1.165) is 46.3 Å². The molecule has 0 aliphatic carbocycles. The monoisotopic (exact) mass is 374 g/mol. The van der Waals surface area contributed by atoms with Crippen LogP contribution in [-0.2, 0) is 6.42 Å².